The van der Waals surface area contributed by atoms with Crippen molar-refractivity contribution >= 4 is 17.7 Å². The molecule has 0 unspecified atom stereocenters. The molecule has 102 valence electrons. The summed E-state index contributed by atoms with van der Waals surface area (Å²) in [5.74, 6) is 1.83. The van der Waals surface area contributed by atoms with Crippen LogP contribution in [0.15, 0.2) is 35.2 Å². The molecule has 3 rings (SSSR count). The van der Waals surface area contributed by atoms with Crippen LogP contribution in [0.4, 0.5) is 0 Å². The molecule has 19 heavy (non-hydrogen) atoms. The van der Waals surface area contributed by atoms with Gasteiger partial charge in [-0.05, 0) is 50.2 Å². The third-order valence-corrected chi connectivity index (χ3v) is 5.60. The molecule has 1 N–H and O–H groups in total. The summed E-state index contributed by atoms with van der Waals surface area (Å²) in [4.78, 5) is 13.4. The summed E-state index contributed by atoms with van der Waals surface area (Å²) in [6, 6.07) is 10.6. The number of carbonyl (C=O) groups is 1. The van der Waals surface area contributed by atoms with Crippen LogP contribution >= 0.6 is 11.8 Å². The Balaban J connectivity index is 1.53. The van der Waals surface area contributed by atoms with Gasteiger partial charge >= 0.3 is 0 Å². The summed E-state index contributed by atoms with van der Waals surface area (Å²) in [6.45, 7) is 2.00. The fourth-order valence-electron chi connectivity index (χ4n) is 3.48. The van der Waals surface area contributed by atoms with Gasteiger partial charge in [0, 0.05) is 10.9 Å². The molecule has 2 fully saturated rings. The quantitative estimate of drug-likeness (QED) is 0.852. The monoisotopic (exact) mass is 275 g/mol. The van der Waals surface area contributed by atoms with Gasteiger partial charge in [-0.25, -0.2) is 0 Å². The van der Waals surface area contributed by atoms with Crippen LogP contribution in [0, 0.1) is 11.8 Å². The third kappa shape index (κ3) is 2.97. The smallest absolute Gasteiger partial charge is 0.233 e. The van der Waals surface area contributed by atoms with Crippen LogP contribution in [0.2, 0.25) is 0 Å². The lowest BCUT2D eigenvalue weighted by atomic mass is 9.95. The predicted molar refractivity (Wildman–Crippen MR) is 79.1 cm³/mol. The first kappa shape index (κ1) is 13.0. The molecule has 0 saturated heterocycles. The first-order chi connectivity index (χ1) is 9.22. The topological polar surface area (TPSA) is 29.1 Å². The molecule has 1 amide bonds. The van der Waals surface area contributed by atoms with Gasteiger partial charge in [0.1, 0.15) is 0 Å². The molecule has 1 aromatic carbocycles. The molecule has 4 atom stereocenters. The van der Waals surface area contributed by atoms with Crippen LogP contribution in [0.25, 0.3) is 0 Å². The maximum atomic E-state index is 12.2. The van der Waals surface area contributed by atoms with Gasteiger partial charge in [0.05, 0.1) is 5.25 Å². The number of carbonyl (C=O) groups excluding carboxylic acids is 1. The first-order valence-electron chi connectivity index (χ1n) is 7.24. The van der Waals surface area contributed by atoms with Crippen molar-refractivity contribution in [3.63, 3.8) is 0 Å². The van der Waals surface area contributed by atoms with E-state index in [4.69, 9.17) is 0 Å². The number of hydrogen-bond acceptors (Lipinski definition) is 2. The number of hydrogen-bond donors (Lipinski definition) is 1. The minimum absolute atomic E-state index is 0.0125. The highest BCUT2D eigenvalue weighted by Crippen LogP contribution is 2.44. The van der Waals surface area contributed by atoms with Gasteiger partial charge in [-0.3, -0.25) is 4.79 Å². The van der Waals surface area contributed by atoms with Crippen molar-refractivity contribution < 1.29 is 4.79 Å². The zero-order chi connectivity index (χ0) is 13.2. The molecule has 0 aromatic heterocycles. The van der Waals surface area contributed by atoms with Gasteiger partial charge in [0.25, 0.3) is 0 Å². The average Bonchev–Trinajstić information content (AvgIpc) is 3.02. The van der Waals surface area contributed by atoms with Gasteiger partial charge in [-0.15, -0.1) is 11.8 Å². The number of fused-ring (bicyclic) bond motifs is 2. The standard InChI is InChI=1S/C16H21NOS/c1-11(19-14-5-3-2-4-6-14)16(18)17-15-10-12-7-8-13(15)9-12/h2-6,11-13,15H,7-10H2,1H3,(H,17,18)/t11-,12-,13+,15+/m1/s1. The van der Waals surface area contributed by atoms with E-state index < -0.39 is 0 Å². The fraction of sp³-hybridized carbons (Fsp3) is 0.562. The maximum Gasteiger partial charge on any atom is 0.233 e. The van der Waals surface area contributed by atoms with E-state index in [-0.39, 0.29) is 11.2 Å². The van der Waals surface area contributed by atoms with Crippen molar-refractivity contribution in [2.45, 2.75) is 48.8 Å². The van der Waals surface area contributed by atoms with Crippen molar-refractivity contribution in [3.8, 4) is 0 Å². The number of benzene rings is 1. The van der Waals surface area contributed by atoms with Gasteiger partial charge in [0.2, 0.25) is 5.91 Å². The molecule has 1 aromatic rings. The van der Waals surface area contributed by atoms with Gasteiger partial charge < -0.3 is 5.32 Å². The molecule has 2 nitrogen and oxygen atoms in total. The van der Waals surface area contributed by atoms with Crippen LogP contribution in [-0.4, -0.2) is 17.2 Å². The Hall–Kier alpha value is -0.960. The molecule has 0 radical (unpaired) electrons. The van der Waals surface area contributed by atoms with Gasteiger partial charge in [-0.1, -0.05) is 24.6 Å². The molecule has 0 aliphatic heterocycles. The van der Waals surface area contributed by atoms with Crippen molar-refractivity contribution in [3.05, 3.63) is 30.3 Å². The zero-order valence-corrected chi connectivity index (χ0v) is 12.2. The van der Waals surface area contributed by atoms with Crippen LogP contribution in [0.5, 0.6) is 0 Å². The number of amides is 1. The van der Waals surface area contributed by atoms with E-state index >= 15 is 0 Å². The van der Waals surface area contributed by atoms with Crippen molar-refractivity contribution in [2.75, 3.05) is 0 Å². The van der Waals surface area contributed by atoms with Crippen LogP contribution < -0.4 is 5.32 Å². The highest BCUT2D eigenvalue weighted by Gasteiger charge is 2.40. The summed E-state index contributed by atoms with van der Waals surface area (Å²) in [5, 5.41) is 3.26. The second kappa shape index (κ2) is 5.58. The summed E-state index contributed by atoms with van der Waals surface area (Å²) in [7, 11) is 0. The molecule has 2 aliphatic rings. The Kier molecular flexibility index (Phi) is 3.83. The second-order valence-electron chi connectivity index (χ2n) is 5.86. The lowest BCUT2D eigenvalue weighted by Gasteiger charge is -2.24. The van der Waals surface area contributed by atoms with Gasteiger partial charge in [-0.2, -0.15) is 0 Å². The number of nitrogens with one attached hydrogen (secondary N) is 1. The van der Waals surface area contributed by atoms with E-state index in [1.807, 2.05) is 25.1 Å². The van der Waals surface area contributed by atoms with E-state index in [2.05, 4.69) is 17.4 Å². The van der Waals surface area contributed by atoms with Crippen LogP contribution in [0.1, 0.15) is 32.6 Å². The molecule has 2 aliphatic carbocycles. The lowest BCUT2D eigenvalue weighted by molar-refractivity contribution is -0.121. The van der Waals surface area contributed by atoms with Crippen molar-refractivity contribution in [1.29, 1.82) is 0 Å². The fourth-order valence-corrected chi connectivity index (χ4v) is 4.38. The summed E-state index contributed by atoms with van der Waals surface area (Å²) < 4.78 is 0. The molecular weight excluding hydrogens is 254 g/mol. The van der Waals surface area contributed by atoms with E-state index in [0.717, 1.165) is 16.7 Å². The summed E-state index contributed by atoms with van der Waals surface area (Å²) >= 11 is 1.64. The van der Waals surface area contributed by atoms with E-state index in [0.29, 0.717) is 6.04 Å². The molecule has 0 spiro atoms. The number of thioether (sulfide) groups is 1. The van der Waals surface area contributed by atoms with Crippen LogP contribution in [0.3, 0.4) is 0 Å². The van der Waals surface area contributed by atoms with E-state index in [9.17, 15) is 4.79 Å². The minimum atomic E-state index is -0.0125. The lowest BCUT2D eigenvalue weighted by Crippen LogP contribution is -2.42. The molecular formula is C16H21NOS. The van der Waals surface area contributed by atoms with E-state index in [1.165, 1.54) is 25.7 Å². The maximum absolute atomic E-state index is 12.2. The molecule has 0 heterocycles. The molecule has 2 bridgehead atoms. The third-order valence-electron chi connectivity index (χ3n) is 4.49. The van der Waals surface area contributed by atoms with Crippen molar-refractivity contribution in [2.24, 2.45) is 11.8 Å². The Morgan fingerprint density at radius 3 is 2.68 bits per heavy atom. The second-order valence-corrected chi connectivity index (χ2v) is 7.28. The Morgan fingerprint density at radius 2 is 2.05 bits per heavy atom. The normalized spacial score (nSPS) is 30.3. The van der Waals surface area contributed by atoms with E-state index in [1.54, 1.807) is 11.8 Å². The average molecular weight is 275 g/mol. The molecule has 2 saturated carbocycles. The Bertz CT molecular complexity index is 447. The highest BCUT2D eigenvalue weighted by molar-refractivity contribution is 8.00. The minimum Gasteiger partial charge on any atom is -0.352 e. The summed E-state index contributed by atoms with van der Waals surface area (Å²) in [5.41, 5.74) is 0. The van der Waals surface area contributed by atoms with Crippen LogP contribution in [-0.2, 0) is 4.79 Å². The Labute approximate surface area is 119 Å². The Morgan fingerprint density at radius 1 is 1.26 bits per heavy atom. The summed E-state index contributed by atoms with van der Waals surface area (Å²) in [6.07, 6.45) is 5.24. The largest absolute Gasteiger partial charge is 0.352 e. The molecule has 3 heteroatoms. The SMILES string of the molecule is C[C@@H](Sc1ccccc1)C(=O)N[C@H]1C[C@@H]2CC[C@H]1C2. The first-order valence-corrected chi connectivity index (χ1v) is 8.12. The van der Waals surface area contributed by atoms with Crippen molar-refractivity contribution in [1.82, 2.24) is 5.32 Å². The van der Waals surface area contributed by atoms with Gasteiger partial charge in [0.15, 0.2) is 0 Å². The highest BCUT2D eigenvalue weighted by atomic mass is 32.2. The predicted octanol–water partition coefficient (Wildman–Crippen LogP) is 3.47. The number of rotatable bonds is 4. The zero-order valence-electron chi connectivity index (χ0n) is 11.3.